The third-order valence-electron chi connectivity index (χ3n) is 4.55. The minimum absolute atomic E-state index is 0.0436. The molecule has 1 aromatic heterocycles. The molecule has 1 aromatic carbocycles. The Morgan fingerprint density at radius 1 is 0.964 bits per heavy atom. The Morgan fingerprint density at radius 2 is 1.71 bits per heavy atom. The molecule has 0 unspecified atom stereocenters. The Kier molecular flexibility index (Phi) is 8.79. The molecule has 0 aliphatic rings. The molecule has 2 rings (SSSR count). The van der Waals surface area contributed by atoms with Gasteiger partial charge in [-0.15, -0.1) is 0 Å². The number of nitrogens with zero attached hydrogens (tertiary/aromatic N) is 2. The van der Waals surface area contributed by atoms with E-state index in [0.717, 1.165) is 18.6 Å². The molecule has 28 heavy (non-hydrogen) atoms. The van der Waals surface area contributed by atoms with Crippen molar-refractivity contribution in [3.05, 3.63) is 60.1 Å². The summed E-state index contributed by atoms with van der Waals surface area (Å²) in [5, 5.41) is 0. The maximum Gasteiger partial charge on any atom is 0.242 e. The molecule has 0 aliphatic heterocycles. The van der Waals surface area contributed by atoms with Crippen LogP contribution in [0, 0.1) is 5.92 Å². The van der Waals surface area contributed by atoms with Crippen molar-refractivity contribution in [2.75, 3.05) is 19.6 Å². The summed E-state index contributed by atoms with van der Waals surface area (Å²) in [6.45, 7) is 7.79. The number of rotatable bonds is 11. The van der Waals surface area contributed by atoms with Crippen LogP contribution < -0.4 is 0 Å². The summed E-state index contributed by atoms with van der Waals surface area (Å²) in [4.78, 5) is 29.1. The first kappa shape index (κ1) is 21.7. The fraction of sp³-hybridized carbons (Fsp3) is 0.478. The van der Waals surface area contributed by atoms with Gasteiger partial charge in [0.1, 0.15) is 5.76 Å². The van der Waals surface area contributed by atoms with Crippen LogP contribution in [0.4, 0.5) is 0 Å². The second kappa shape index (κ2) is 11.3. The Bertz CT molecular complexity index is 711. The van der Waals surface area contributed by atoms with Crippen LogP contribution >= 0.6 is 0 Å². The average molecular weight is 385 g/mol. The second-order valence-electron chi connectivity index (χ2n) is 7.54. The number of hydrogen-bond acceptors (Lipinski definition) is 3. The van der Waals surface area contributed by atoms with E-state index in [2.05, 4.69) is 12.1 Å². The van der Waals surface area contributed by atoms with E-state index in [1.807, 2.05) is 51.1 Å². The summed E-state index contributed by atoms with van der Waals surface area (Å²) in [6, 6.07) is 13.8. The molecule has 0 atom stereocenters. The molecule has 152 valence electrons. The Balaban J connectivity index is 2.06. The van der Waals surface area contributed by atoms with Gasteiger partial charge in [0, 0.05) is 19.5 Å². The standard InChI is InChI=1S/C23H32N2O3/c1-4-13-24(22(26)16-19(2)3)18-23(27)25(17-21-11-8-15-28-21)14-12-20-9-6-5-7-10-20/h5-11,15,19H,4,12-14,16-18H2,1-3H3. The molecule has 0 fully saturated rings. The highest BCUT2D eigenvalue weighted by molar-refractivity contribution is 5.85. The highest BCUT2D eigenvalue weighted by Crippen LogP contribution is 2.11. The Labute approximate surface area is 168 Å². The van der Waals surface area contributed by atoms with E-state index in [1.165, 1.54) is 5.56 Å². The normalized spacial score (nSPS) is 10.9. The number of carbonyl (C=O) groups is 2. The van der Waals surface area contributed by atoms with Gasteiger partial charge in [0.2, 0.25) is 11.8 Å². The molecule has 0 N–H and O–H groups in total. The van der Waals surface area contributed by atoms with E-state index < -0.39 is 0 Å². The van der Waals surface area contributed by atoms with Crippen molar-refractivity contribution in [1.29, 1.82) is 0 Å². The molecule has 2 amide bonds. The molecule has 0 bridgehead atoms. The molecule has 0 aliphatic carbocycles. The highest BCUT2D eigenvalue weighted by Gasteiger charge is 2.22. The smallest absolute Gasteiger partial charge is 0.242 e. The molecule has 5 nitrogen and oxygen atoms in total. The topological polar surface area (TPSA) is 53.8 Å². The van der Waals surface area contributed by atoms with E-state index in [9.17, 15) is 9.59 Å². The second-order valence-corrected chi connectivity index (χ2v) is 7.54. The van der Waals surface area contributed by atoms with Crippen LogP contribution in [0.5, 0.6) is 0 Å². The molecule has 0 radical (unpaired) electrons. The van der Waals surface area contributed by atoms with Gasteiger partial charge in [-0.05, 0) is 36.5 Å². The highest BCUT2D eigenvalue weighted by atomic mass is 16.3. The Morgan fingerprint density at radius 3 is 2.32 bits per heavy atom. The Hall–Kier alpha value is -2.56. The fourth-order valence-electron chi connectivity index (χ4n) is 3.09. The van der Waals surface area contributed by atoms with Gasteiger partial charge in [0.25, 0.3) is 0 Å². The number of hydrogen-bond donors (Lipinski definition) is 0. The number of amides is 2. The SMILES string of the molecule is CCCN(CC(=O)N(CCc1ccccc1)Cc1ccco1)C(=O)CC(C)C. The fourth-order valence-corrected chi connectivity index (χ4v) is 3.09. The van der Waals surface area contributed by atoms with Crippen molar-refractivity contribution >= 4 is 11.8 Å². The maximum atomic E-state index is 13.1. The van der Waals surface area contributed by atoms with Gasteiger partial charge in [0.05, 0.1) is 19.4 Å². The van der Waals surface area contributed by atoms with Crippen LogP contribution in [0.1, 0.15) is 44.9 Å². The lowest BCUT2D eigenvalue weighted by atomic mass is 10.1. The van der Waals surface area contributed by atoms with Crippen LogP contribution in [0.25, 0.3) is 0 Å². The molecule has 0 saturated carbocycles. The van der Waals surface area contributed by atoms with Crippen molar-refractivity contribution in [2.45, 2.75) is 46.6 Å². The van der Waals surface area contributed by atoms with Crippen LogP contribution in [-0.2, 0) is 22.6 Å². The number of benzene rings is 1. The number of carbonyl (C=O) groups excluding carboxylic acids is 2. The van der Waals surface area contributed by atoms with Crippen LogP contribution in [-0.4, -0.2) is 41.2 Å². The van der Waals surface area contributed by atoms with E-state index in [4.69, 9.17) is 4.42 Å². The van der Waals surface area contributed by atoms with Gasteiger partial charge in [-0.1, -0.05) is 51.1 Å². The molecule has 5 heteroatoms. The van der Waals surface area contributed by atoms with Crippen molar-refractivity contribution in [1.82, 2.24) is 9.80 Å². The average Bonchev–Trinajstić information content (AvgIpc) is 3.18. The van der Waals surface area contributed by atoms with E-state index in [0.29, 0.717) is 26.1 Å². The first-order valence-corrected chi connectivity index (χ1v) is 10.1. The minimum Gasteiger partial charge on any atom is -0.467 e. The zero-order chi connectivity index (χ0) is 20.4. The van der Waals surface area contributed by atoms with Crippen LogP contribution in [0.15, 0.2) is 53.1 Å². The zero-order valence-electron chi connectivity index (χ0n) is 17.3. The maximum absolute atomic E-state index is 13.1. The molecule has 2 aromatic rings. The summed E-state index contributed by atoms with van der Waals surface area (Å²) >= 11 is 0. The molecular weight excluding hydrogens is 352 g/mol. The summed E-state index contributed by atoms with van der Waals surface area (Å²) in [6.07, 6.45) is 3.68. The van der Waals surface area contributed by atoms with Crippen molar-refractivity contribution in [2.24, 2.45) is 5.92 Å². The van der Waals surface area contributed by atoms with Gasteiger partial charge < -0.3 is 14.2 Å². The predicted molar refractivity (Wildman–Crippen MR) is 111 cm³/mol. The third kappa shape index (κ3) is 7.22. The summed E-state index contributed by atoms with van der Waals surface area (Å²) in [7, 11) is 0. The zero-order valence-corrected chi connectivity index (χ0v) is 17.3. The van der Waals surface area contributed by atoms with Gasteiger partial charge >= 0.3 is 0 Å². The summed E-state index contributed by atoms with van der Waals surface area (Å²) < 4.78 is 5.44. The van der Waals surface area contributed by atoms with Gasteiger partial charge in [-0.2, -0.15) is 0 Å². The van der Waals surface area contributed by atoms with Crippen LogP contribution in [0.3, 0.4) is 0 Å². The summed E-state index contributed by atoms with van der Waals surface area (Å²) in [5.74, 6) is 1.03. The first-order chi connectivity index (χ1) is 13.5. The molecular formula is C23H32N2O3. The van der Waals surface area contributed by atoms with Crippen LogP contribution in [0.2, 0.25) is 0 Å². The first-order valence-electron chi connectivity index (χ1n) is 10.1. The quantitative estimate of drug-likeness (QED) is 0.585. The number of furan rings is 1. The monoisotopic (exact) mass is 384 g/mol. The van der Waals surface area contributed by atoms with Crippen molar-refractivity contribution in [3.63, 3.8) is 0 Å². The molecule has 0 saturated heterocycles. The minimum atomic E-state index is -0.0436. The van der Waals surface area contributed by atoms with Gasteiger partial charge in [-0.3, -0.25) is 9.59 Å². The molecule has 1 heterocycles. The van der Waals surface area contributed by atoms with Gasteiger partial charge in [0.15, 0.2) is 0 Å². The van der Waals surface area contributed by atoms with E-state index in [-0.39, 0.29) is 24.3 Å². The predicted octanol–water partition coefficient (Wildman–Crippen LogP) is 4.14. The summed E-state index contributed by atoms with van der Waals surface area (Å²) in [5.41, 5.74) is 1.18. The van der Waals surface area contributed by atoms with E-state index in [1.54, 1.807) is 16.1 Å². The van der Waals surface area contributed by atoms with Gasteiger partial charge in [-0.25, -0.2) is 0 Å². The largest absolute Gasteiger partial charge is 0.467 e. The van der Waals surface area contributed by atoms with Crippen molar-refractivity contribution < 1.29 is 14.0 Å². The van der Waals surface area contributed by atoms with E-state index >= 15 is 0 Å². The lowest BCUT2D eigenvalue weighted by molar-refractivity contribution is -0.141. The lowest BCUT2D eigenvalue weighted by Gasteiger charge is -2.27. The van der Waals surface area contributed by atoms with Crippen molar-refractivity contribution in [3.8, 4) is 0 Å². The third-order valence-corrected chi connectivity index (χ3v) is 4.55. The lowest BCUT2D eigenvalue weighted by Crippen LogP contribution is -2.43. The molecule has 0 spiro atoms.